The molecule has 7 nitrogen and oxygen atoms in total. The lowest BCUT2D eigenvalue weighted by Gasteiger charge is -2.22. The molecule has 0 bridgehead atoms. The molecule has 1 aromatic carbocycles. The van der Waals surface area contributed by atoms with Crippen LogP contribution in [0.25, 0.3) is 0 Å². The Labute approximate surface area is 124 Å². The Balaban J connectivity index is 2.96. The van der Waals surface area contributed by atoms with Gasteiger partial charge in [0, 0.05) is 32.5 Å². The normalized spacial score (nSPS) is 11.9. The van der Waals surface area contributed by atoms with Crippen LogP contribution in [0, 0.1) is 0 Å². The van der Waals surface area contributed by atoms with Gasteiger partial charge in [0.25, 0.3) is 5.91 Å². The van der Waals surface area contributed by atoms with Gasteiger partial charge in [-0.2, -0.15) is 0 Å². The number of methoxy groups -OCH3 is 3. The van der Waals surface area contributed by atoms with E-state index in [4.69, 9.17) is 19.9 Å². The minimum absolute atomic E-state index is 0.139. The average Bonchev–Trinajstić information content (AvgIpc) is 2.46. The van der Waals surface area contributed by atoms with Crippen molar-refractivity contribution < 1.29 is 24.1 Å². The van der Waals surface area contributed by atoms with Crippen LogP contribution in [0.2, 0.25) is 0 Å². The molecule has 0 saturated carbocycles. The molecule has 0 saturated heterocycles. The monoisotopic (exact) mass is 298 g/mol. The zero-order chi connectivity index (χ0) is 16.0. The second kappa shape index (κ2) is 7.70. The van der Waals surface area contributed by atoms with Gasteiger partial charge in [0.2, 0.25) is 0 Å². The van der Waals surface area contributed by atoms with Gasteiger partial charge in [0.1, 0.15) is 0 Å². The van der Waals surface area contributed by atoms with Crippen LogP contribution >= 0.6 is 0 Å². The minimum atomic E-state index is -0.759. The van der Waals surface area contributed by atoms with Gasteiger partial charge in [0.15, 0.2) is 11.5 Å². The molecule has 1 atom stereocenters. The summed E-state index contributed by atoms with van der Waals surface area (Å²) in [6.45, 7) is 0.291. The van der Waals surface area contributed by atoms with Crippen molar-refractivity contribution in [2.45, 2.75) is 6.10 Å². The number of ether oxygens (including phenoxy) is 3. The Bertz CT molecular complexity index is 492. The van der Waals surface area contributed by atoms with Crippen molar-refractivity contribution in [1.29, 1.82) is 0 Å². The topological polar surface area (TPSA) is 94.2 Å². The van der Waals surface area contributed by atoms with Crippen LogP contribution in [0.15, 0.2) is 12.1 Å². The Hall–Kier alpha value is -1.99. The van der Waals surface area contributed by atoms with E-state index in [1.165, 1.54) is 38.4 Å². The van der Waals surface area contributed by atoms with Gasteiger partial charge in [0.05, 0.1) is 32.5 Å². The summed E-state index contributed by atoms with van der Waals surface area (Å²) in [5.41, 5.74) is 6.45. The molecule has 7 heteroatoms. The number of amides is 1. The van der Waals surface area contributed by atoms with Crippen molar-refractivity contribution in [3.63, 3.8) is 0 Å². The number of rotatable bonds is 7. The van der Waals surface area contributed by atoms with E-state index in [2.05, 4.69) is 0 Å². The quantitative estimate of drug-likeness (QED) is 0.706. The largest absolute Gasteiger partial charge is 0.493 e. The number of nitrogens with zero attached hydrogens (tertiary/aromatic N) is 1. The second-order valence-corrected chi connectivity index (χ2v) is 4.59. The summed E-state index contributed by atoms with van der Waals surface area (Å²) in [4.78, 5) is 13.7. The summed E-state index contributed by atoms with van der Waals surface area (Å²) in [6, 6.07) is 3.06. The number of carbonyl (C=O) groups excluding carboxylic acids is 1. The van der Waals surface area contributed by atoms with Crippen molar-refractivity contribution in [3.8, 4) is 11.5 Å². The summed E-state index contributed by atoms with van der Waals surface area (Å²) < 4.78 is 15.1. The maximum Gasteiger partial charge on any atom is 0.255 e. The fourth-order valence-corrected chi connectivity index (χ4v) is 1.93. The SMILES string of the molecule is COCC(O)CN(C)C(=O)c1cc(OC)c(OC)cc1N. The lowest BCUT2D eigenvalue weighted by atomic mass is 10.1. The number of aliphatic hydroxyl groups excluding tert-OH is 1. The zero-order valence-corrected chi connectivity index (χ0v) is 12.8. The molecule has 0 radical (unpaired) electrons. The summed E-state index contributed by atoms with van der Waals surface area (Å²) in [7, 11) is 6.04. The molecule has 1 rings (SSSR count). The number of hydrogen-bond acceptors (Lipinski definition) is 6. The Morgan fingerprint density at radius 3 is 2.38 bits per heavy atom. The third-order valence-electron chi connectivity index (χ3n) is 2.98. The number of hydrogen-bond donors (Lipinski definition) is 2. The molecule has 0 aliphatic rings. The molecular formula is C14H22N2O5. The fraction of sp³-hybridized carbons (Fsp3) is 0.500. The first-order valence-corrected chi connectivity index (χ1v) is 6.38. The Morgan fingerprint density at radius 1 is 1.29 bits per heavy atom. The van der Waals surface area contributed by atoms with Crippen molar-refractivity contribution in [1.82, 2.24) is 4.90 Å². The average molecular weight is 298 g/mol. The minimum Gasteiger partial charge on any atom is -0.493 e. The number of carbonyl (C=O) groups is 1. The molecule has 1 amide bonds. The van der Waals surface area contributed by atoms with Gasteiger partial charge < -0.3 is 30.0 Å². The highest BCUT2D eigenvalue weighted by atomic mass is 16.5. The van der Waals surface area contributed by atoms with Crippen molar-refractivity contribution in [2.24, 2.45) is 0 Å². The highest BCUT2D eigenvalue weighted by Gasteiger charge is 2.20. The van der Waals surface area contributed by atoms with Crippen molar-refractivity contribution in [2.75, 3.05) is 47.3 Å². The van der Waals surface area contributed by atoms with E-state index in [0.717, 1.165) is 0 Å². The molecule has 0 fully saturated rings. The first-order valence-electron chi connectivity index (χ1n) is 6.38. The number of benzene rings is 1. The van der Waals surface area contributed by atoms with E-state index in [9.17, 15) is 9.90 Å². The summed E-state index contributed by atoms with van der Waals surface area (Å²) in [5.74, 6) is 0.554. The van der Waals surface area contributed by atoms with Gasteiger partial charge in [-0.3, -0.25) is 4.79 Å². The predicted molar refractivity (Wildman–Crippen MR) is 78.8 cm³/mol. The molecule has 3 N–H and O–H groups in total. The molecule has 0 heterocycles. The lowest BCUT2D eigenvalue weighted by molar-refractivity contribution is 0.0380. The van der Waals surface area contributed by atoms with E-state index in [0.29, 0.717) is 17.1 Å². The van der Waals surface area contributed by atoms with Gasteiger partial charge in [-0.1, -0.05) is 0 Å². The van der Waals surface area contributed by atoms with Crippen LogP contribution in [0.1, 0.15) is 10.4 Å². The molecular weight excluding hydrogens is 276 g/mol. The Morgan fingerprint density at radius 2 is 1.86 bits per heavy atom. The molecule has 1 unspecified atom stereocenters. The summed E-state index contributed by atoms with van der Waals surface area (Å²) >= 11 is 0. The third-order valence-corrected chi connectivity index (χ3v) is 2.98. The van der Waals surface area contributed by atoms with E-state index >= 15 is 0 Å². The zero-order valence-electron chi connectivity index (χ0n) is 12.8. The van der Waals surface area contributed by atoms with Crippen LogP contribution in [-0.2, 0) is 4.74 Å². The highest BCUT2D eigenvalue weighted by Crippen LogP contribution is 2.32. The first kappa shape index (κ1) is 17.1. The Kier molecular flexibility index (Phi) is 6.26. The maximum absolute atomic E-state index is 12.4. The number of nitrogens with two attached hydrogens (primary N) is 1. The first-order chi connectivity index (χ1) is 9.94. The second-order valence-electron chi connectivity index (χ2n) is 4.59. The summed E-state index contributed by atoms with van der Waals surface area (Å²) in [5, 5.41) is 9.67. The van der Waals surface area contributed by atoms with E-state index < -0.39 is 6.10 Å². The number of anilines is 1. The van der Waals surface area contributed by atoms with Crippen LogP contribution in [0.4, 0.5) is 5.69 Å². The highest BCUT2D eigenvalue weighted by molar-refractivity contribution is 6.00. The smallest absolute Gasteiger partial charge is 0.255 e. The molecule has 0 spiro atoms. The molecule has 118 valence electrons. The van der Waals surface area contributed by atoms with Crippen LogP contribution in [-0.4, -0.2) is 63.5 Å². The standard InChI is InChI=1S/C14H22N2O5/c1-16(7-9(17)8-19-2)14(18)10-5-12(20-3)13(21-4)6-11(10)15/h5-6,9,17H,7-8,15H2,1-4H3. The number of aliphatic hydroxyl groups is 1. The van der Waals surface area contributed by atoms with Crippen LogP contribution in [0.5, 0.6) is 11.5 Å². The van der Waals surface area contributed by atoms with Gasteiger partial charge >= 0.3 is 0 Å². The van der Waals surface area contributed by atoms with E-state index in [1.54, 1.807) is 7.05 Å². The molecule has 0 aliphatic heterocycles. The third kappa shape index (κ3) is 4.24. The van der Waals surface area contributed by atoms with Gasteiger partial charge in [-0.25, -0.2) is 0 Å². The number of likely N-dealkylation sites (N-methyl/N-ethyl adjacent to an activating group) is 1. The van der Waals surface area contributed by atoms with Gasteiger partial charge in [-0.05, 0) is 6.07 Å². The van der Waals surface area contributed by atoms with E-state index in [-0.39, 0.29) is 24.7 Å². The summed E-state index contributed by atoms with van der Waals surface area (Å²) in [6.07, 6.45) is -0.759. The lowest BCUT2D eigenvalue weighted by Crippen LogP contribution is -2.36. The fourth-order valence-electron chi connectivity index (χ4n) is 1.93. The molecule has 0 aromatic heterocycles. The van der Waals surface area contributed by atoms with Crippen molar-refractivity contribution >= 4 is 11.6 Å². The van der Waals surface area contributed by atoms with Gasteiger partial charge in [-0.15, -0.1) is 0 Å². The number of nitrogen functional groups attached to an aromatic ring is 1. The van der Waals surface area contributed by atoms with E-state index in [1.807, 2.05) is 0 Å². The molecule has 1 aromatic rings. The van der Waals surface area contributed by atoms with Crippen LogP contribution in [0.3, 0.4) is 0 Å². The van der Waals surface area contributed by atoms with Crippen LogP contribution < -0.4 is 15.2 Å². The predicted octanol–water partition coefficient (Wildman–Crippen LogP) is 0.365. The molecule has 0 aliphatic carbocycles. The maximum atomic E-state index is 12.4. The molecule has 21 heavy (non-hydrogen) atoms. The van der Waals surface area contributed by atoms with Crippen molar-refractivity contribution in [3.05, 3.63) is 17.7 Å².